The lowest BCUT2D eigenvalue weighted by Crippen LogP contribution is -2.56. The Bertz CT molecular complexity index is 839. The summed E-state index contributed by atoms with van der Waals surface area (Å²) in [5.74, 6) is 0.915. The first-order valence-corrected chi connectivity index (χ1v) is 10.1. The Kier molecular flexibility index (Phi) is 7.59. The summed E-state index contributed by atoms with van der Waals surface area (Å²) >= 11 is 0. The maximum atomic E-state index is 14.4. The molecule has 0 spiro atoms. The van der Waals surface area contributed by atoms with Gasteiger partial charge in [0.1, 0.15) is 5.75 Å². The van der Waals surface area contributed by atoms with E-state index in [1.165, 1.54) is 6.07 Å². The molecule has 0 amide bonds. The fourth-order valence-electron chi connectivity index (χ4n) is 3.26. The van der Waals surface area contributed by atoms with E-state index in [4.69, 9.17) is 9.47 Å². The first kappa shape index (κ1) is 22.0. The zero-order chi connectivity index (χ0) is 21.4. The predicted molar refractivity (Wildman–Crippen MR) is 115 cm³/mol. The fourth-order valence-corrected chi connectivity index (χ4v) is 3.26. The molecule has 0 saturated carbocycles. The maximum absolute atomic E-state index is 14.4. The lowest BCUT2D eigenvalue weighted by molar-refractivity contribution is -0.00834. The third-order valence-corrected chi connectivity index (χ3v) is 5.10. The number of aliphatic imine (C=N–C) groups is 1. The molecule has 2 aromatic rings. The van der Waals surface area contributed by atoms with E-state index in [9.17, 15) is 4.39 Å². The van der Waals surface area contributed by atoms with Crippen molar-refractivity contribution in [2.45, 2.75) is 25.9 Å². The van der Waals surface area contributed by atoms with Crippen LogP contribution in [0.2, 0.25) is 0 Å². The van der Waals surface area contributed by atoms with Crippen molar-refractivity contribution in [3.8, 4) is 11.5 Å². The van der Waals surface area contributed by atoms with Crippen molar-refractivity contribution in [1.29, 1.82) is 0 Å². The average molecular weight is 416 g/mol. The smallest absolute Gasteiger partial charge is 0.191 e. The summed E-state index contributed by atoms with van der Waals surface area (Å²) in [5, 5.41) is 6.60. The molecule has 1 aromatic carbocycles. The van der Waals surface area contributed by atoms with Crippen LogP contribution in [0, 0.1) is 5.82 Å². The molecule has 30 heavy (non-hydrogen) atoms. The van der Waals surface area contributed by atoms with Crippen molar-refractivity contribution in [2.75, 3.05) is 39.9 Å². The molecule has 1 aliphatic rings. The summed E-state index contributed by atoms with van der Waals surface area (Å²) in [6.45, 7) is 8.97. The highest BCUT2D eigenvalue weighted by Gasteiger charge is 2.28. The van der Waals surface area contributed by atoms with Gasteiger partial charge in [0.15, 0.2) is 17.5 Å². The first-order chi connectivity index (χ1) is 14.5. The molecule has 7 nitrogen and oxygen atoms in total. The van der Waals surface area contributed by atoms with Gasteiger partial charge in [-0.15, -0.1) is 0 Å². The van der Waals surface area contributed by atoms with Crippen molar-refractivity contribution in [2.24, 2.45) is 4.99 Å². The van der Waals surface area contributed by atoms with Crippen LogP contribution in [-0.4, -0.2) is 61.3 Å². The van der Waals surface area contributed by atoms with Gasteiger partial charge in [0.05, 0.1) is 19.4 Å². The molecule has 1 aromatic heterocycles. The molecule has 0 bridgehead atoms. The number of halogens is 1. The number of nitrogens with one attached hydrogen (secondary N) is 2. The van der Waals surface area contributed by atoms with E-state index < -0.39 is 5.82 Å². The third-order valence-electron chi connectivity index (χ3n) is 5.10. The lowest BCUT2D eigenvalue weighted by atomic mass is 10.0. The Morgan fingerprint density at radius 3 is 2.73 bits per heavy atom. The van der Waals surface area contributed by atoms with Crippen LogP contribution >= 0.6 is 0 Å². The average Bonchev–Trinajstić information content (AvgIpc) is 2.77. The molecule has 1 fully saturated rings. The summed E-state index contributed by atoms with van der Waals surface area (Å²) in [6.07, 6.45) is 3.18. The topological polar surface area (TPSA) is 71.0 Å². The minimum atomic E-state index is -0.422. The normalized spacial score (nSPS) is 15.7. The highest BCUT2D eigenvalue weighted by atomic mass is 19.1. The van der Waals surface area contributed by atoms with E-state index in [-0.39, 0.29) is 11.3 Å². The molecule has 0 aliphatic carbocycles. The number of guanidine groups is 1. The predicted octanol–water partition coefficient (Wildman–Crippen LogP) is 2.79. The quantitative estimate of drug-likeness (QED) is 0.535. The number of benzene rings is 1. The second-order valence-electron chi connectivity index (χ2n) is 7.75. The van der Waals surface area contributed by atoms with Gasteiger partial charge in [-0.25, -0.2) is 4.39 Å². The number of morpholine rings is 1. The maximum Gasteiger partial charge on any atom is 0.191 e. The van der Waals surface area contributed by atoms with E-state index in [1.807, 2.05) is 6.07 Å². The zero-order valence-corrected chi connectivity index (χ0v) is 17.8. The number of hydrogen-bond acceptors (Lipinski definition) is 5. The lowest BCUT2D eigenvalue weighted by Gasteiger charge is -2.41. The molecule has 162 valence electrons. The number of pyridine rings is 1. The summed E-state index contributed by atoms with van der Waals surface area (Å²) in [6, 6.07) is 8.38. The molecule has 0 radical (unpaired) electrons. The van der Waals surface area contributed by atoms with Crippen LogP contribution in [0.5, 0.6) is 11.5 Å². The molecule has 2 heterocycles. The van der Waals surface area contributed by atoms with E-state index in [0.29, 0.717) is 18.3 Å². The molecule has 0 unspecified atom stereocenters. The van der Waals surface area contributed by atoms with Crippen LogP contribution in [0.25, 0.3) is 0 Å². The summed E-state index contributed by atoms with van der Waals surface area (Å²) < 4.78 is 25.4. The summed E-state index contributed by atoms with van der Waals surface area (Å²) in [5.41, 5.74) is 0.764. The Morgan fingerprint density at radius 2 is 2.07 bits per heavy atom. The fraction of sp³-hybridized carbons (Fsp3) is 0.455. The Balaban J connectivity index is 1.51. The first-order valence-electron chi connectivity index (χ1n) is 10.1. The van der Waals surface area contributed by atoms with Gasteiger partial charge >= 0.3 is 0 Å². The van der Waals surface area contributed by atoms with Crippen molar-refractivity contribution in [1.82, 2.24) is 20.5 Å². The summed E-state index contributed by atoms with van der Waals surface area (Å²) in [7, 11) is 1.72. The number of ether oxygens (including phenoxy) is 2. The monoisotopic (exact) mass is 415 g/mol. The van der Waals surface area contributed by atoms with Crippen LogP contribution in [0.15, 0.2) is 47.7 Å². The molecule has 3 rings (SSSR count). The van der Waals surface area contributed by atoms with Gasteiger partial charge in [-0.2, -0.15) is 0 Å². The van der Waals surface area contributed by atoms with Crippen LogP contribution in [0.3, 0.4) is 0 Å². The molecular weight excluding hydrogens is 385 g/mol. The third kappa shape index (κ3) is 6.14. The van der Waals surface area contributed by atoms with E-state index in [1.54, 1.807) is 37.6 Å². The highest BCUT2D eigenvalue weighted by Crippen LogP contribution is 2.24. The standard InChI is InChI=1S/C22H30FN5O2/c1-22(2,28-9-11-29-12-10-28)16-27-21(24-3)26-14-17-6-7-20(19(23)13-17)30-18-5-4-8-25-15-18/h4-8,13,15H,9-12,14,16H2,1-3H3,(H2,24,26,27). The Hall–Kier alpha value is -2.71. The van der Waals surface area contributed by atoms with Crippen molar-refractivity contribution >= 4 is 5.96 Å². The second-order valence-corrected chi connectivity index (χ2v) is 7.75. The number of hydrogen-bond donors (Lipinski definition) is 2. The Labute approximate surface area is 177 Å². The minimum Gasteiger partial charge on any atom is -0.453 e. The van der Waals surface area contributed by atoms with Gasteiger partial charge in [0, 0.05) is 45.0 Å². The molecular formula is C22H30FN5O2. The SMILES string of the molecule is CN=C(NCc1ccc(Oc2cccnc2)c(F)c1)NCC(C)(C)N1CCOCC1. The van der Waals surface area contributed by atoms with Gasteiger partial charge in [-0.3, -0.25) is 14.9 Å². The van der Waals surface area contributed by atoms with Crippen LogP contribution in [-0.2, 0) is 11.3 Å². The molecule has 1 aliphatic heterocycles. The largest absolute Gasteiger partial charge is 0.453 e. The van der Waals surface area contributed by atoms with Gasteiger partial charge in [0.25, 0.3) is 0 Å². The van der Waals surface area contributed by atoms with Gasteiger partial charge in [-0.05, 0) is 43.7 Å². The van der Waals surface area contributed by atoms with E-state index in [0.717, 1.165) is 38.4 Å². The summed E-state index contributed by atoms with van der Waals surface area (Å²) in [4.78, 5) is 10.6. The van der Waals surface area contributed by atoms with E-state index >= 15 is 0 Å². The van der Waals surface area contributed by atoms with E-state index in [2.05, 4.69) is 39.4 Å². The van der Waals surface area contributed by atoms with Crippen LogP contribution in [0.1, 0.15) is 19.4 Å². The van der Waals surface area contributed by atoms with Gasteiger partial charge < -0.3 is 20.1 Å². The number of aromatic nitrogens is 1. The van der Waals surface area contributed by atoms with Gasteiger partial charge in [0.2, 0.25) is 0 Å². The zero-order valence-electron chi connectivity index (χ0n) is 17.8. The highest BCUT2D eigenvalue weighted by molar-refractivity contribution is 5.79. The molecule has 8 heteroatoms. The Morgan fingerprint density at radius 1 is 1.27 bits per heavy atom. The van der Waals surface area contributed by atoms with Crippen molar-refractivity contribution in [3.63, 3.8) is 0 Å². The van der Waals surface area contributed by atoms with Crippen LogP contribution < -0.4 is 15.4 Å². The number of nitrogens with zero attached hydrogens (tertiary/aromatic N) is 3. The minimum absolute atomic E-state index is 0.0290. The number of rotatable bonds is 7. The van der Waals surface area contributed by atoms with Crippen LogP contribution in [0.4, 0.5) is 4.39 Å². The molecule has 2 N–H and O–H groups in total. The van der Waals surface area contributed by atoms with Crippen molar-refractivity contribution in [3.05, 3.63) is 54.1 Å². The molecule has 1 saturated heterocycles. The van der Waals surface area contributed by atoms with Crippen molar-refractivity contribution < 1.29 is 13.9 Å². The van der Waals surface area contributed by atoms with Gasteiger partial charge in [-0.1, -0.05) is 6.07 Å². The molecule has 0 atom stereocenters. The second kappa shape index (κ2) is 10.4.